The molecule has 0 aliphatic rings. The van der Waals surface area contributed by atoms with E-state index in [1.54, 1.807) is 35.2 Å². The molecule has 0 amide bonds. The fraction of sp³-hybridized carbons (Fsp3) is 0.136. The van der Waals surface area contributed by atoms with E-state index in [0.29, 0.717) is 35.8 Å². The molecule has 0 radical (unpaired) electrons. The van der Waals surface area contributed by atoms with Crippen molar-refractivity contribution in [3.63, 3.8) is 0 Å². The molecule has 2 aromatic heterocycles. The van der Waals surface area contributed by atoms with Crippen LogP contribution in [0.3, 0.4) is 0 Å². The van der Waals surface area contributed by atoms with Crippen molar-refractivity contribution < 1.29 is 13.9 Å². The molecule has 5 nitrogen and oxygen atoms in total. The maximum absolute atomic E-state index is 12.6. The third kappa shape index (κ3) is 3.87. The van der Waals surface area contributed by atoms with Gasteiger partial charge in [-0.15, -0.1) is 11.3 Å². The first-order chi connectivity index (χ1) is 13.7. The lowest BCUT2D eigenvalue weighted by Gasteiger charge is -2.07. The average molecular weight is 390 g/mol. The van der Waals surface area contributed by atoms with Crippen molar-refractivity contribution in [1.82, 2.24) is 9.97 Å². The minimum Gasteiger partial charge on any atom is -0.462 e. The summed E-state index contributed by atoms with van der Waals surface area (Å²) in [5.41, 5.74) is 4.76. The molecule has 0 saturated carbocycles. The van der Waals surface area contributed by atoms with Crippen LogP contribution in [0.1, 0.15) is 20.9 Å². The predicted molar refractivity (Wildman–Crippen MR) is 108 cm³/mol. The van der Waals surface area contributed by atoms with Gasteiger partial charge in [-0.2, -0.15) is 0 Å². The molecule has 0 spiro atoms. The van der Waals surface area contributed by atoms with E-state index in [9.17, 15) is 4.79 Å². The monoisotopic (exact) mass is 390 g/mol. The van der Waals surface area contributed by atoms with E-state index < -0.39 is 5.97 Å². The van der Waals surface area contributed by atoms with Gasteiger partial charge in [-0.05, 0) is 19.1 Å². The van der Waals surface area contributed by atoms with Gasteiger partial charge in [0, 0.05) is 16.9 Å². The van der Waals surface area contributed by atoms with Crippen molar-refractivity contribution in [3.8, 4) is 22.8 Å². The second-order valence-corrected chi connectivity index (χ2v) is 7.13. The van der Waals surface area contributed by atoms with Crippen LogP contribution < -0.4 is 0 Å². The van der Waals surface area contributed by atoms with E-state index in [1.165, 1.54) is 0 Å². The van der Waals surface area contributed by atoms with Gasteiger partial charge in [-0.25, -0.2) is 14.8 Å². The van der Waals surface area contributed by atoms with Gasteiger partial charge in [0.2, 0.25) is 5.89 Å². The van der Waals surface area contributed by atoms with E-state index in [4.69, 9.17) is 9.15 Å². The zero-order chi connectivity index (χ0) is 19.3. The molecule has 6 heteroatoms. The Hall–Kier alpha value is -3.25. The number of carbonyl (C=O) groups is 1. The summed E-state index contributed by atoms with van der Waals surface area (Å²) < 4.78 is 11.4. The molecule has 4 rings (SSSR count). The average Bonchev–Trinajstić information content (AvgIpc) is 3.38. The summed E-state index contributed by atoms with van der Waals surface area (Å²) in [6, 6.07) is 16.9. The summed E-state index contributed by atoms with van der Waals surface area (Å²) in [6.45, 7) is 2.26. The van der Waals surface area contributed by atoms with E-state index in [-0.39, 0.29) is 0 Å². The summed E-state index contributed by atoms with van der Waals surface area (Å²) in [5.74, 6) is 0.654. The van der Waals surface area contributed by atoms with Gasteiger partial charge in [0.1, 0.15) is 0 Å². The van der Waals surface area contributed by atoms with Gasteiger partial charge in [-0.1, -0.05) is 42.5 Å². The molecular formula is C22H18N2O3S. The van der Waals surface area contributed by atoms with E-state index in [0.717, 1.165) is 16.1 Å². The Kier molecular flexibility index (Phi) is 5.30. The number of nitrogens with zero attached hydrogens (tertiary/aromatic N) is 2. The molecule has 2 heterocycles. The SMILES string of the molecule is Cc1ncsc1CCOC(=O)c1ccccc1-c1ncc(-c2ccccc2)o1. The van der Waals surface area contributed by atoms with Gasteiger partial charge >= 0.3 is 5.97 Å². The summed E-state index contributed by atoms with van der Waals surface area (Å²) in [5, 5.41) is 0. The lowest BCUT2D eigenvalue weighted by Crippen LogP contribution is -2.09. The molecule has 28 heavy (non-hydrogen) atoms. The smallest absolute Gasteiger partial charge is 0.338 e. The topological polar surface area (TPSA) is 65.2 Å². The van der Waals surface area contributed by atoms with Crippen molar-refractivity contribution in [1.29, 1.82) is 0 Å². The van der Waals surface area contributed by atoms with Crippen LogP contribution in [0.15, 0.2) is 70.7 Å². The van der Waals surface area contributed by atoms with Crippen molar-refractivity contribution in [2.45, 2.75) is 13.3 Å². The van der Waals surface area contributed by atoms with Crippen molar-refractivity contribution in [3.05, 3.63) is 82.4 Å². The minimum atomic E-state index is -0.391. The highest BCUT2D eigenvalue weighted by Crippen LogP contribution is 2.28. The van der Waals surface area contributed by atoms with Crippen LogP contribution in [-0.2, 0) is 11.2 Å². The van der Waals surface area contributed by atoms with Crippen LogP contribution >= 0.6 is 11.3 Å². The summed E-state index contributed by atoms with van der Waals surface area (Å²) >= 11 is 1.57. The molecule has 0 saturated heterocycles. The Morgan fingerprint density at radius 3 is 2.64 bits per heavy atom. The van der Waals surface area contributed by atoms with Crippen LogP contribution in [0.4, 0.5) is 0 Å². The molecule has 0 unspecified atom stereocenters. The highest BCUT2D eigenvalue weighted by atomic mass is 32.1. The number of aryl methyl sites for hydroxylation is 1. The quantitative estimate of drug-likeness (QED) is 0.425. The largest absolute Gasteiger partial charge is 0.462 e. The predicted octanol–water partition coefficient (Wildman–Crippen LogP) is 5.17. The van der Waals surface area contributed by atoms with Crippen molar-refractivity contribution >= 4 is 17.3 Å². The summed E-state index contributed by atoms with van der Waals surface area (Å²) in [7, 11) is 0. The number of benzene rings is 2. The minimum absolute atomic E-state index is 0.303. The zero-order valence-electron chi connectivity index (χ0n) is 15.3. The van der Waals surface area contributed by atoms with Gasteiger partial charge < -0.3 is 9.15 Å². The Labute approximate surface area is 166 Å². The third-order valence-electron chi connectivity index (χ3n) is 4.35. The molecule has 0 atom stereocenters. The van der Waals surface area contributed by atoms with Crippen LogP contribution in [0.2, 0.25) is 0 Å². The molecule has 0 aliphatic carbocycles. The second kappa shape index (κ2) is 8.19. The number of hydrogen-bond acceptors (Lipinski definition) is 6. The fourth-order valence-corrected chi connectivity index (χ4v) is 3.62. The Bertz CT molecular complexity index is 1090. The summed E-state index contributed by atoms with van der Waals surface area (Å²) in [6.07, 6.45) is 2.32. The van der Waals surface area contributed by atoms with Crippen LogP contribution in [0, 0.1) is 6.92 Å². The van der Waals surface area contributed by atoms with Crippen molar-refractivity contribution in [2.24, 2.45) is 0 Å². The highest BCUT2D eigenvalue weighted by molar-refractivity contribution is 7.09. The maximum Gasteiger partial charge on any atom is 0.338 e. The fourth-order valence-electron chi connectivity index (χ4n) is 2.86. The number of aromatic nitrogens is 2. The number of hydrogen-bond donors (Lipinski definition) is 0. The van der Waals surface area contributed by atoms with Gasteiger partial charge in [0.15, 0.2) is 5.76 Å². The van der Waals surface area contributed by atoms with Crippen LogP contribution in [-0.4, -0.2) is 22.5 Å². The first-order valence-electron chi connectivity index (χ1n) is 8.89. The van der Waals surface area contributed by atoms with E-state index in [1.807, 2.05) is 49.4 Å². The number of oxazole rings is 1. The van der Waals surface area contributed by atoms with E-state index in [2.05, 4.69) is 9.97 Å². The molecule has 0 aliphatic heterocycles. The normalized spacial score (nSPS) is 10.8. The standard InChI is InChI=1S/C22H18N2O3S/c1-15-20(28-14-24-15)11-12-26-22(25)18-10-6-5-9-17(18)21-23-13-19(27-21)16-7-3-2-4-8-16/h2-10,13-14H,11-12H2,1H3. The lowest BCUT2D eigenvalue weighted by molar-refractivity contribution is 0.0510. The number of carbonyl (C=O) groups excluding carboxylic acids is 1. The zero-order valence-corrected chi connectivity index (χ0v) is 16.1. The third-order valence-corrected chi connectivity index (χ3v) is 5.34. The van der Waals surface area contributed by atoms with E-state index >= 15 is 0 Å². The first kappa shape index (κ1) is 18.1. The molecule has 0 fully saturated rings. The lowest BCUT2D eigenvalue weighted by atomic mass is 10.1. The molecule has 0 N–H and O–H groups in total. The number of thiazole rings is 1. The van der Waals surface area contributed by atoms with Crippen LogP contribution in [0.5, 0.6) is 0 Å². The molecule has 0 bridgehead atoms. The highest BCUT2D eigenvalue weighted by Gasteiger charge is 2.18. The number of esters is 1. The van der Waals surface area contributed by atoms with Crippen molar-refractivity contribution in [2.75, 3.05) is 6.61 Å². The Balaban J connectivity index is 1.51. The van der Waals surface area contributed by atoms with Gasteiger partial charge in [-0.3, -0.25) is 0 Å². The van der Waals surface area contributed by atoms with Crippen LogP contribution in [0.25, 0.3) is 22.8 Å². The number of rotatable bonds is 6. The Morgan fingerprint density at radius 2 is 1.86 bits per heavy atom. The molecule has 4 aromatic rings. The molecule has 140 valence electrons. The first-order valence-corrected chi connectivity index (χ1v) is 9.77. The maximum atomic E-state index is 12.6. The number of ether oxygens (including phenoxy) is 1. The second-order valence-electron chi connectivity index (χ2n) is 6.19. The molecule has 2 aromatic carbocycles. The molecular weight excluding hydrogens is 372 g/mol. The van der Waals surface area contributed by atoms with Gasteiger partial charge in [0.25, 0.3) is 0 Å². The Morgan fingerprint density at radius 1 is 1.07 bits per heavy atom. The summed E-state index contributed by atoms with van der Waals surface area (Å²) in [4.78, 5) is 22.3. The van der Waals surface area contributed by atoms with Gasteiger partial charge in [0.05, 0.1) is 35.1 Å².